The van der Waals surface area contributed by atoms with E-state index in [1.807, 2.05) is 44.2 Å². The number of thiazole rings is 1. The van der Waals surface area contributed by atoms with Crippen LogP contribution in [0.3, 0.4) is 0 Å². The van der Waals surface area contributed by atoms with Gasteiger partial charge in [-0.2, -0.15) is 0 Å². The van der Waals surface area contributed by atoms with Gasteiger partial charge in [-0.15, -0.1) is 0 Å². The fourth-order valence-electron chi connectivity index (χ4n) is 8.93. The van der Waals surface area contributed by atoms with Crippen LogP contribution in [0.25, 0.3) is 10.2 Å². The molecule has 8 atom stereocenters. The highest BCUT2D eigenvalue weighted by Gasteiger charge is 2.77. The van der Waals surface area contributed by atoms with Crippen molar-refractivity contribution in [1.82, 2.24) is 4.98 Å². The van der Waals surface area contributed by atoms with Crippen LogP contribution in [0.1, 0.15) is 53.4 Å². The van der Waals surface area contributed by atoms with Crippen LogP contribution < -0.4 is 5.32 Å². The van der Waals surface area contributed by atoms with Crippen molar-refractivity contribution in [3.05, 3.63) is 48.1 Å². The third-order valence-corrected chi connectivity index (χ3v) is 11.3. The van der Waals surface area contributed by atoms with Crippen LogP contribution in [-0.2, 0) is 19.1 Å². The first-order chi connectivity index (χ1) is 18.0. The molecule has 38 heavy (non-hydrogen) atoms. The van der Waals surface area contributed by atoms with E-state index in [2.05, 4.69) is 24.1 Å². The molecule has 3 saturated carbocycles. The van der Waals surface area contributed by atoms with Gasteiger partial charge in [0.1, 0.15) is 0 Å². The highest BCUT2D eigenvalue weighted by atomic mass is 32.1. The predicted octanol–water partition coefficient (Wildman–Crippen LogP) is 5.01. The van der Waals surface area contributed by atoms with Crippen LogP contribution in [0.2, 0.25) is 0 Å². The van der Waals surface area contributed by atoms with Crippen molar-refractivity contribution in [2.24, 2.45) is 28.6 Å². The maximum absolute atomic E-state index is 14.3. The Hall–Kier alpha value is -2.39. The fourth-order valence-corrected chi connectivity index (χ4v) is 9.80. The summed E-state index contributed by atoms with van der Waals surface area (Å²) in [7, 11) is 0. The topological polar surface area (TPSA) is 97.8 Å². The molecule has 0 bridgehead atoms. The Labute approximate surface area is 226 Å². The summed E-state index contributed by atoms with van der Waals surface area (Å²) in [6, 6.07) is 7.82. The number of anilines is 1. The number of carbonyl (C=O) groups excluding carboxylic acids is 2. The lowest BCUT2D eigenvalue weighted by atomic mass is 9.46. The number of ether oxygens (including phenoxy) is 2. The summed E-state index contributed by atoms with van der Waals surface area (Å²) in [5.74, 6) is -0.864. The van der Waals surface area contributed by atoms with Gasteiger partial charge in [0, 0.05) is 16.7 Å². The molecule has 1 aromatic carbocycles. The number of amides is 1. The van der Waals surface area contributed by atoms with Gasteiger partial charge in [-0.05, 0) is 75.7 Å². The van der Waals surface area contributed by atoms with Gasteiger partial charge in [-0.3, -0.25) is 14.9 Å². The molecule has 8 heteroatoms. The molecule has 4 fully saturated rings. The van der Waals surface area contributed by atoms with Crippen molar-refractivity contribution in [2.45, 2.75) is 77.0 Å². The summed E-state index contributed by atoms with van der Waals surface area (Å²) in [5.41, 5.74) is -0.300. The molecular formula is C30H34N2O5S. The van der Waals surface area contributed by atoms with Gasteiger partial charge in [-0.1, -0.05) is 49.0 Å². The minimum atomic E-state index is -1.25. The molecular weight excluding hydrogens is 500 g/mol. The molecule has 7 nitrogen and oxygen atoms in total. The molecule has 5 unspecified atom stereocenters. The van der Waals surface area contributed by atoms with Crippen molar-refractivity contribution < 1.29 is 24.2 Å². The number of aliphatic hydroxyl groups excluding tert-OH is 1. The van der Waals surface area contributed by atoms with Crippen molar-refractivity contribution in [3.8, 4) is 0 Å². The van der Waals surface area contributed by atoms with Gasteiger partial charge < -0.3 is 14.6 Å². The number of para-hydroxylation sites is 1. The minimum absolute atomic E-state index is 0.0240. The number of nitrogens with zero attached hydrogens (tertiary/aromatic N) is 1. The molecule has 200 valence electrons. The van der Waals surface area contributed by atoms with E-state index >= 15 is 0 Å². The SMILES string of the molecule is CC1(C)O[C@@H]2CC3C4CCC5=CC(=O)C=CC5(C)C4[C@@H](O)CC3(C)[C@]2(C(=O)Nc2nc3ccccc3s2)O1. The number of carbonyl (C=O) groups is 2. The number of aromatic nitrogens is 1. The lowest BCUT2D eigenvalue weighted by Gasteiger charge is -2.59. The van der Waals surface area contributed by atoms with Crippen molar-refractivity contribution >= 4 is 38.4 Å². The molecule has 1 amide bonds. The molecule has 1 aliphatic heterocycles. The van der Waals surface area contributed by atoms with Gasteiger partial charge >= 0.3 is 0 Å². The van der Waals surface area contributed by atoms with Crippen LogP contribution in [0.5, 0.6) is 0 Å². The van der Waals surface area contributed by atoms with E-state index in [1.54, 1.807) is 12.2 Å². The fraction of sp³-hybridized carbons (Fsp3) is 0.567. The molecule has 2 N–H and O–H groups in total. The molecule has 2 heterocycles. The number of hydrogen-bond donors (Lipinski definition) is 2. The number of benzene rings is 1. The van der Waals surface area contributed by atoms with E-state index in [0.717, 1.165) is 28.6 Å². The summed E-state index contributed by atoms with van der Waals surface area (Å²) in [5, 5.41) is 15.5. The van der Waals surface area contributed by atoms with Gasteiger partial charge in [0.05, 0.1) is 22.4 Å². The number of rotatable bonds is 2. The van der Waals surface area contributed by atoms with Crippen LogP contribution in [-0.4, -0.2) is 45.4 Å². The highest BCUT2D eigenvalue weighted by molar-refractivity contribution is 7.22. The van der Waals surface area contributed by atoms with E-state index in [0.29, 0.717) is 18.0 Å². The van der Waals surface area contributed by atoms with Crippen molar-refractivity contribution in [1.29, 1.82) is 0 Å². The van der Waals surface area contributed by atoms with E-state index in [-0.39, 0.29) is 34.9 Å². The van der Waals surface area contributed by atoms with Gasteiger partial charge in [0.25, 0.3) is 5.91 Å². The summed E-state index contributed by atoms with van der Waals surface area (Å²) in [4.78, 5) is 31.1. The Morgan fingerprint density at radius 1 is 1.21 bits per heavy atom. The Kier molecular flexibility index (Phi) is 5.08. The molecule has 1 aromatic heterocycles. The number of aliphatic hydroxyl groups is 1. The second-order valence-electron chi connectivity index (χ2n) is 12.7. The first-order valence-electron chi connectivity index (χ1n) is 13.6. The molecule has 0 spiro atoms. The average molecular weight is 535 g/mol. The number of allylic oxidation sites excluding steroid dienone is 4. The van der Waals surface area contributed by atoms with Gasteiger partial charge in [-0.25, -0.2) is 4.98 Å². The third-order valence-electron chi connectivity index (χ3n) is 10.3. The summed E-state index contributed by atoms with van der Waals surface area (Å²) in [6.45, 7) is 8.00. The Morgan fingerprint density at radius 2 is 2.00 bits per heavy atom. The number of ketones is 1. The average Bonchev–Trinajstić information content (AvgIpc) is 3.45. The van der Waals surface area contributed by atoms with Crippen molar-refractivity contribution in [3.63, 3.8) is 0 Å². The quantitative estimate of drug-likeness (QED) is 0.562. The molecule has 2 aromatic rings. The van der Waals surface area contributed by atoms with Gasteiger partial charge in [0.2, 0.25) is 0 Å². The maximum atomic E-state index is 14.3. The predicted molar refractivity (Wildman–Crippen MR) is 144 cm³/mol. The zero-order valence-electron chi connectivity index (χ0n) is 22.2. The second kappa shape index (κ2) is 7.84. The Bertz CT molecular complexity index is 1400. The van der Waals surface area contributed by atoms with Crippen molar-refractivity contribution in [2.75, 3.05) is 5.32 Å². The summed E-state index contributed by atoms with van der Waals surface area (Å²) in [6.07, 6.45) is 7.15. The Balaban J connectivity index is 1.28. The smallest absolute Gasteiger partial charge is 0.261 e. The first-order valence-corrected chi connectivity index (χ1v) is 14.5. The monoisotopic (exact) mass is 534 g/mol. The van der Waals surface area contributed by atoms with Crippen LogP contribution in [0.4, 0.5) is 5.13 Å². The van der Waals surface area contributed by atoms with E-state index in [9.17, 15) is 14.7 Å². The molecule has 4 aliphatic carbocycles. The highest BCUT2D eigenvalue weighted by Crippen LogP contribution is 2.70. The molecule has 5 aliphatic rings. The first kappa shape index (κ1) is 24.6. The lowest BCUT2D eigenvalue weighted by Crippen LogP contribution is -2.64. The second-order valence-corrected chi connectivity index (χ2v) is 13.8. The molecule has 0 radical (unpaired) electrons. The summed E-state index contributed by atoms with van der Waals surface area (Å²) < 4.78 is 14.1. The third kappa shape index (κ3) is 3.14. The van der Waals surface area contributed by atoms with Crippen LogP contribution in [0.15, 0.2) is 48.1 Å². The Morgan fingerprint density at radius 3 is 2.79 bits per heavy atom. The minimum Gasteiger partial charge on any atom is -0.393 e. The summed E-state index contributed by atoms with van der Waals surface area (Å²) >= 11 is 1.44. The maximum Gasteiger partial charge on any atom is 0.261 e. The number of fused-ring (bicyclic) bond motifs is 8. The standard InChI is InChI=1S/C30H34N2O5S/c1-27(2)36-23-14-19-18-10-9-16-13-17(33)11-12-28(16,3)24(18)21(34)15-29(19,4)30(23,37-27)25(35)32-26-31-20-7-5-6-8-22(20)38-26/h5-8,11-13,18-19,21,23-24,34H,9-10,14-15H2,1-4H3,(H,31,32,35)/t18?,19?,21-,23+,24?,28?,29?,30-/m0/s1. The van der Waals surface area contributed by atoms with Crippen LogP contribution >= 0.6 is 11.3 Å². The lowest BCUT2D eigenvalue weighted by molar-refractivity contribution is -0.223. The van der Waals surface area contributed by atoms with E-state index < -0.39 is 29.0 Å². The normalized spacial score (nSPS) is 42.7. The molecule has 7 rings (SSSR count). The van der Waals surface area contributed by atoms with Crippen LogP contribution in [0, 0.1) is 28.6 Å². The zero-order valence-corrected chi connectivity index (χ0v) is 23.0. The zero-order chi connectivity index (χ0) is 26.7. The number of hydrogen-bond acceptors (Lipinski definition) is 7. The van der Waals surface area contributed by atoms with E-state index in [4.69, 9.17) is 9.47 Å². The largest absolute Gasteiger partial charge is 0.393 e. The van der Waals surface area contributed by atoms with Gasteiger partial charge in [0.15, 0.2) is 22.3 Å². The van der Waals surface area contributed by atoms with E-state index in [1.165, 1.54) is 11.3 Å². The number of nitrogens with one attached hydrogen (secondary N) is 1. The molecule has 1 saturated heterocycles.